The molecule has 27 heavy (non-hydrogen) atoms. The van der Waals surface area contributed by atoms with Crippen molar-refractivity contribution in [3.8, 4) is 0 Å². The van der Waals surface area contributed by atoms with Crippen molar-refractivity contribution < 1.29 is 19.1 Å². The van der Waals surface area contributed by atoms with Crippen LogP contribution in [0.25, 0.3) is 0 Å². The first-order valence-electron chi connectivity index (χ1n) is 10.0. The third-order valence-corrected chi connectivity index (χ3v) is 4.84. The highest BCUT2D eigenvalue weighted by Gasteiger charge is 2.27. The second-order valence-electron chi connectivity index (χ2n) is 8.42. The van der Waals surface area contributed by atoms with Crippen molar-refractivity contribution >= 4 is 12.0 Å². The lowest BCUT2D eigenvalue weighted by Crippen LogP contribution is -2.42. The molecule has 152 valence electrons. The van der Waals surface area contributed by atoms with Crippen LogP contribution in [0.15, 0.2) is 23.5 Å². The van der Waals surface area contributed by atoms with E-state index >= 15 is 0 Å². The Labute approximate surface area is 162 Å². The predicted molar refractivity (Wildman–Crippen MR) is 105 cm³/mol. The van der Waals surface area contributed by atoms with Crippen LogP contribution >= 0.6 is 0 Å². The highest BCUT2D eigenvalue weighted by molar-refractivity contribution is 5.74. The first kappa shape index (κ1) is 21.3. The Morgan fingerprint density at radius 2 is 1.96 bits per heavy atom. The number of rotatable bonds is 2. The SMILES string of the molecule is C1=CC2=C(CC1)OCCC2.CC(C)(C)OC(=O)N1CCC(CC(N)=O)CC1. The molecule has 6 nitrogen and oxygen atoms in total. The summed E-state index contributed by atoms with van der Waals surface area (Å²) in [7, 11) is 0. The van der Waals surface area contributed by atoms with Crippen LogP contribution < -0.4 is 5.73 Å². The number of likely N-dealkylation sites (tertiary alicyclic amines) is 1. The number of hydrogen-bond donors (Lipinski definition) is 1. The summed E-state index contributed by atoms with van der Waals surface area (Å²) >= 11 is 0. The van der Waals surface area contributed by atoms with Gasteiger partial charge in [0, 0.05) is 25.9 Å². The summed E-state index contributed by atoms with van der Waals surface area (Å²) in [5.74, 6) is 1.31. The summed E-state index contributed by atoms with van der Waals surface area (Å²) in [5.41, 5.74) is 6.14. The summed E-state index contributed by atoms with van der Waals surface area (Å²) in [4.78, 5) is 24.2. The fourth-order valence-corrected chi connectivity index (χ4v) is 3.47. The zero-order valence-corrected chi connectivity index (χ0v) is 17.0. The van der Waals surface area contributed by atoms with Crippen LogP contribution in [0, 0.1) is 5.92 Å². The number of nitrogens with zero attached hydrogens (tertiary/aromatic N) is 1. The first-order valence-corrected chi connectivity index (χ1v) is 10.0. The zero-order valence-electron chi connectivity index (χ0n) is 17.0. The number of primary amides is 1. The van der Waals surface area contributed by atoms with Gasteiger partial charge in [0.05, 0.1) is 12.4 Å². The summed E-state index contributed by atoms with van der Waals surface area (Å²) in [5, 5.41) is 0. The lowest BCUT2D eigenvalue weighted by atomic mass is 9.93. The van der Waals surface area contributed by atoms with E-state index in [1.54, 1.807) is 4.90 Å². The third kappa shape index (κ3) is 7.65. The van der Waals surface area contributed by atoms with E-state index < -0.39 is 5.60 Å². The molecule has 0 atom stereocenters. The van der Waals surface area contributed by atoms with Gasteiger partial charge in [-0.3, -0.25) is 4.79 Å². The van der Waals surface area contributed by atoms with Crippen molar-refractivity contribution in [3.05, 3.63) is 23.5 Å². The highest BCUT2D eigenvalue weighted by Crippen LogP contribution is 2.27. The van der Waals surface area contributed by atoms with Crippen molar-refractivity contribution in [1.29, 1.82) is 0 Å². The minimum absolute atomic E-state index is 0.263. The number of carbonyl (C=O) groups is 2. The van der Waals surface area contributed by atoms with Gasteiger partial charge in [0.1, 0.15) is 5.60 Å². The molecule has 0 bridgehead atoms. The molecule has 0 radical (unpaired) electrons. The van der Waals surface area contributed by atoms with Gasteiger partial charge in [-0.1, -0.05) is 12.2 Å². The Kier molecular flexibility index (Phi) is 7.75. The lowest BCUT2D eigenvalue weighted by Gasteiger charge is -2.33. The Hall–Kier alpha value is -1.98. The Balaban J connectivity index is 0.000000219. The van der Waals surface area contributed by atoms with Crippen LogP contribution in [0.1, 0.15) is 65.7 Å². The molecule has 0 aromatic rings. The van der Waals surface area contributed by atoms with E-state index in [1.165, 1.54) is 30.6 Å². The van der Waals surface area contributed by atoms with E-state index in [0.29, 0.717) is 25.4 Å². The molecule has 1 fully saturated rings. The van der Waals surface area contributed by atoms with Gasteiger partial charge in [-0.25, -0.2) is 4.79 Å². The first-order chi connectivity index (χ1) is 12.7. The van der Waals surface area contributed by atoms with Crippen molar-refractivity contribution in [3.63, 3.8) is 0 Å². The Bertz CT molecular complexity index is 581. The minimum atomic E-state index is -0.457. The van der Waals surface area contributed by atoms with Crippen molar-refractivity contribution in [2.24, 2.45) is 11.7 Å². The molecule has 6 heteroatoms. The molecule has 0 spiro atoms. The van der Waals surface area contributed by atoms with Gasteiger partial charge in [0.15, 0.2) is 0 Å². The van der Waals surface area contributed by atoms with Crippen LogP contribution in [0.4, 0.5) is 4.79 Å². The fourth-order valence-electron chi connectivity index (χ4n) is 3.47. The molecule has 2 heterocycles. The standard InChI is InChI=1S/C12H22N2O3.C9H12O/c1-12(2,3)17-11(16)14-6-4-9(5-7-14)8-10(13)15;1-2-6-9-8(4-1)5-3-7-10-9/h9H,4-8H2,1-3H3,(H2,13,15);1,4H,2-3,5-7H2. The van der Waals surface area contributed by atoms with E-state index in [0.717, 1.165) is 25.9 Å². The average molecular weight is 379 g/mol. The van der Waals surface area contributed by atoms with E-state index in [9.17, 15) is 9.59 Å². The number of ether oxygens (including phenoxy) is 2. The van der Waals surface area contributed by atoms with E-state index in [4.69, 9.17) is 15.2 Å². The van der Waals surface area contributed by atoms with Gasteiger partial charge in [0.25, 0.3) is 0 Å². The maximum Gasteiger partial charge on any atom is 0.410 e. The Morgan fingerprint density at radius 1 is 1.26 bits per heavy atom. The van der Waals surface area contributed by atoms with Crippen LogP contribution in [-0.4, -0.2) is 42.2 Å². The molecule has 0 saturated carbocycles. The molecule has 0 aromatic carbocycles. The van der Waals surface area contributed by atoms with Crippen molar-refractivity contribution in [2.45, 2.75) is 71.3 Å². The number of hydrogen-bond acceptors (Lipinski definition) is 4. The van der Waals surface area contributed by atoms with Crippen molar-refractivity contribution in [2.75, 3.05) is 19.7 Å². The Morgan fingerprint density at radius 3 is 2.56 bits per heavy atom. The smallest absolute Gasteiger partial charge is 0.410 e. The van der Waals surface area contributed by atoms with Gasteiger partial charge in [-0.2, -0.15) is 0 Å². The average Bonchev–Trinajstić information content (AvgIpc) is 2.61. The number of carbonyl (C=O) groups excluding carboxylic acids is 2. The van der Waals surface area contributed by atoms with E-state index in [2.05, 4.69) is 12.2 Å². The summed E-state index contributed by atoms with van der Waals surface area (Å²) in [6.45, 7) is 7.78. The molecule has 3 aliphatic rings. The van der Waals surface area contributed by atoms with Crippen LogP contribution in [0.3, 0.4) is 0 Å². The minimum Gasteiger partial charge on any atom is -0.498 e. The van der Waals surface area contributed by atoms with Crippen LogP contribution in [-0.2, 0) is 14.3 Å². The lowest BCUT2D eigenvalue weighted by molar-refractivity contribution is -0.119. The van der Waals surface area contributed by atoms with Gasteiger partial charge in [0.2, 0.25) is 5.91 Å². The largest absolute Gasteiger partial charge is 0.498 e. The van der Waals surface area contributed by atoms with Gasteiger partial charge >= 0.3 is 6.09 Å². The molecule has 1 saturated heterocycles. The second-order valence-corrected chi connectivity index (χ2v) is 8.42. The monoisotopic (exact) mass is 378 g/mol. The summed E-state index contributed by atoms with van der Waals surface area (Å²) < 4.78 is 10.8. The second kappa shape index (κ2) is 9.81. The number of nitrogens with two attached hydrogens (primary N) is 1. The summed E-state index contributed by atoms with van der Waals surface area (Å²) in [6.07, 6.45) is 11.0. The molecule has 2 aliphatic heterocycles. The molecule has 0 aromatic heterocycles. The normalized spacial score (nSPS) is 20.2. The maximum atomic E-state index is 11.8. The highest BCUT2D eigenvalue weighted by atomic mass is 16.6. The van der Waals surface area contributed by atoms with E-state index in [-0.39, 0.29) is 12.0 Å². The van der Waals surface area contributed by atoms with Crippen LogP contribution in [0.2, 0.25) is 0 Å². The zero-order chi connectivity index (χ0) is 19.9. The molecular weight excluding hydrogens is 344 g/mol. The molecule has 0 unspecified atom stereocenters. The molecule has 3 rings (SSSR count). The van der Waals surface area contributed by atoms with Gasteiger partial charge in [-0.15, -0.1) is 0 Å². The van der Waals surface area contributed by atoms with Crippen molar-refractivity contribution in [1.82, 2.24) is 4.90 Å². The molecule has 2 amide bonds. The fraction of sp³-hybridized carbons (Fsp3) is 0.714. The van der Waals surface area contributed by atoms with Gasteiger partial charge < -0.3 is 20.1 Å². The topological polar surface area (TPSA) is 81.9 Å². The van der Waals surface area contributed by atoms with E-state index in [1.807, 2.05) is 20.8 Å². The molecule has 1 aliphatic carbocycles. The number of allylic oxidation sites excluding steroid dienone is 4. The predicted octanol–water partition coefficient (Wildman–Crippen LogP) is 3.91. The maximum absolute atomic E-state index is 11.8. The summed E-state index contributed by atoms with van der Waals surface area (Å²) in [6, 6.07) is 0. The van der Waals surface area contributed by atoms with Crippen LogP contribution in [0.5, 0.6) is 0 Å². The molecular formula is C21H34N2O4. The third-order valence-electron chi connectivity index (χ3n) is 4.84. The van der Waals surface area contributed by atoms with Gasteiger partial charge in [-0.05, 0) is 64.4 Å². The molecule has 2 N–H and O–H groups in total. The number of amides is 2. The number of piperidine rings is 1. The quantitative estimate of drug-likeness (QED) is 0.790.